The number of carbonyl (C=O) groups excluding carboxylic acids is 1. The van der Waals surface area contributed by atoms with Gasteiger partial charge in [-0.1, -0.05) is 17.7 Å². The number of pyridine rings is 1. The molecule has 0 spiro atoms. The quantitative estimate of drug-likeness (QED) is 0.802. The van der Waals surface area contributed by atoms with Crippen molar-refractivity contribution in [3.05, 3.63) is 48.2 Å². The van der Waals surface area contributed by atoms with Gasteiger partial charge in [0.15, 0.2) is 16.4 Å². The van der Waals surface area contributed by atoms with E-state index in [-0.39, 0.29) is 30.1 Å². The van der Waals surface area contributed by atoms with Gasteiger partial charge in [0, 0.05) is 6.04 Å². The SMILES string of the molecule is Cc1ccc(OCC(=O)Nc2ccc(NC3CCS(=O)(=O)C3)nc2)cc1. The summed E-state index contributed by atoms with van der Waals surface area (Å²) in [6.45, 7) is 1.89. The lowest BCUT2D eigenvalue weighted by molar-refractivity contribution is -0.118. The van der Waals surface area contributed by atoms with Crippen LogP contribution in [0.3, 0.4) is 0 Å². The molecule has 2 heterocycles. The number of benzene rings is 1. The molecular formula is C18H21N3O4S. The minimum Gasteiger partial charge on any atom is -0.484 e. The molecule has 1 aromatic heterocycles. The van der Waals surface area contributed by atoms with Gasteiger partial charge in [-0.25, -0.2) is 13.4 Å². The van der Waals surface area contributed by atoms with E-state index in [1.807, 2.05) is 31.2 Å². The van der Waals surface area contributed by atoms with Crippen LogP contribution in [0.2, 0.25) is 0 Å². The Morgan fingerprint density at radius 2 is 2.00 bits per heavy atom. The molecule has 1 aliphatic heterocycles. The maximum atomic E-state index is 11.9. The van der Waals surface area contributed by atoms with E-state index >= 15 is 0 Å². The number of aromatic nitrogens is 1. The Balaban J connectivity index is 1.47. The number of hydrogen-bond acceptors (Lipinski definition) is 6. The monoisotopic (exact) mass is 375 g/mol. The fourth-order valence-corrected chi connectivity index (χ4v) is 4.32. The molecule has 1 unspecified atom stereocenters. The average Bonchev–Trinajstić information content (AvgIpc) is 2.95. The second-order valence-electron chi connectivity index (χ2n) is 6.33. The van der Waals surface area contributed by atoms with Gasteiger partial charge in [0.25, 0.3) is 5.91 Å². The summed E-state index contributed by atoms with van der Waals surface area (Å²) in [6.07, 6.45) is 2.11. The minimum absolute atomic E-state index is 0.0943. The maximum absolute atomic E-state index is 11.9. The minimum atomic E-state index is -2.93. The maximum Gasteiger partial charge on any atom is 0.262 e. The molecule has 7 nitrogen and oxygen atoms in total. The summed E-state index contributed by atoms with van der Waals surface area (Å²) in [5.74, 6) is 1.27. The number of rotatable bonds is 6. The highest BCUT2D eigenvalue weighted by atomic mass is 32.2. The van der Waals surface area contributed by atoms with Crippen molar-refractivity contribution in [3.63, 3.8) is 0 Å². The van der Waals surface area contributed by atoms with E-state index in [0.717, 1.165) is 5.56 Å². The molecule has 26 heavy (non-hydrogen) atoms. The second-order valence-corrected chi connectivity index (χ2v) is 8.56. The van der Waals surface area contributed by atoms with Crippen molar-refractivity contribution in [3.8, 4) is 5.75 Å². The van der Waals surface area contributed by atoms with E-state index in [4.69, 9.17) is 4.74 Å². The van der Waals surface area contributed by atoms with Crippen molar-refractivity contribution in [2.45, 2.75) is 19.4 Å². The van der Waals surface area contributed by atoms with Crippen molar-refractivity contribution in [1.29, 1.82) is 0 Å². The molecule has 1 amide bonds. The first-order valence-corrected chi connectivity index (χ1v) is 10.1. The molecule has 1 fully saturated rings. The normalized spacial score (nSPS) is 18.3. The molecule has 1 atom stereocenters. The first-order chi connectivity index (χ1) is 12.4. The zero-order valence-electron chi connectivity index (χ0n) is 14.4. The number of ether oxygens (including phenoxy) is 1. The Morgan fingerprint density at radius 3 is 2.62 bits per heavy atom. The Morgan fingerprint density at radius 1 is 1.23 bits per heavy atom. The van der Waals surface area contributed by atoms with Crippen molar-refractivity contribution in [1.82, 2.24) is 4.98 Å². The highest BCUT2D eigenvalue weighted by molar-refractivity contribution is 7.91. The molecule has 1 aliphatic rings. The molecule has 2 aromatic rings. The molecule has 0 bridgehead atoms. The van der Waals surface area contributed by atoms with Gasteiger partial charge in [0.2, 0.25) is 0 Å². The van der Waals surface area contributed by atoms with Gasteiger partial charge in [-0.05, 0) is 37.6 Å². The lowest BCUT2D eigenvalue weighted by Crippen LogP contribution is -2.22. The van der Waals surface area contributed by atoms with Crippen LogP contribution >= 0.6 is 0 Å². The van der Waals surface area contributed by atoms with Crippen LogP contribution in [0.4, 0.5) is 11.5 Å². The number of sulfone groups is 1. The van der Waals surface area contributed by atoms with Crippen molar-refractivity contribution in [2.75, 3.05) is 28.7 Å². The van der Waals surface area contributed by atoms with Gasteiger partial charge in [0.05, 0.1) is 23.4 Å². The van der Waals surface area contributed by atoms with E-state index in [2.05, 4.69) is 15.6 Å². The Bertz CT molecular complexity index is 864. The lowest BCUT2D eigenvalue weighted by atomic mass is 10.2. The smallest absolute Gasteiger partial charge is 0.262 e. The van der Waals surface area contributed by atoms with Crippen LogP contribution in [0.15, 0.2) is 42.6 Å². The van der Waals surface area contributed by atoms with Gasteiger partial charge in [-0.3, -0.25) is 4.79 Å². The standard InChI is InChI=1S/C18H21N3O4S/c1-13-2-5-16(6-3-13)25-11-18(22)21-14-4-7-17(19-10-14)20-15-8-9-26(23,24)12-15/h2-7,10,15H,8-9,11-12H2,1H3,(H,19,20)(H,21,22). The number of hydrogen-bond donors (Lipinski definition) is 2. The molecular weight excluding hydrogens is 354 g/mol. The van der Waals surface area contributed by atoms with Crippen LogP contribution in [-0.2, 0) is 14.6 Å². The van der Waals surface area contributed by atoms with Crippen molar-refractivity contribution >= 4 is 27.2 Å². The number of anilines is 2. The van der Waals surface area contributed by atoms with Gasteiger partial charge in [-0.2, -0.15) is 0 Å². The topological polar surface area (TPSA) is 97.4 Å². The Hall–Kier alpha value is -2.61. The van der Waals surface area contributed by atoms with Gasteiger partial charge in [-0.15, -0.1) is 0 Å². The summed E-state index contributed by atoms with van der Waals surface area (Å²) < 4.78 is 28.4. The zero-order valence-corrected chi connectivity index (χ0v) is 15.3. The van der Waals surface area contributed by atoms with E-state index < -0.39 is 9.84 Å². The Labute approximate surface area is 152 Å². The molecule has 0 aliphatic carbocycles. The fourth-order valence-electron chi connectivity index (χ4n) is 2.65. The highest BCUT2D eigenvalue weighted by Gasteiger charge is 2.27. The number of nitrogens with one attached hydrogen (secondary N) is 2. The number of amides is 1. The van der Waals surface area contributed by atoms with Crippen molar-refractivity contribution in [2.24, 2.45) is 0 Å². The van der Waals surface area contributed by atoms with Gasteiger partial charge < -0.3 is 15.4 Å². The first-order valence-electron chi connectivity index (χ1n) is 8.32. The van der Waals surface area contributed by atoms with Crippen LogP contribution in [0.1, 0.15) is 12.0 Å². The molecule has 0 saturated carbocycles. The van der Waals surface area contributed by atoms with Crippen molar-refractivity contribution < 1.29 is 17.9 Å². The average molecular weight is 375 g/mol. The summed E-state index contributed by atoms with van der Waals surface area (Å²) in [7, 11) is -2.93. The summed E-state index contributed by atoms with van der Waals surface area (Å²) in [6, 6.07) is 10.8. The zero-order chi connectivity index (χ0) is 18.6. The molecule has 1 aromatic carbocycles. The summed E-state index contributed by atoms with van der Waals surface area (Å²) in [5.41, 5.74) is 1.67. The summed E-state index contributed by atoms with van der Waals surface area (Å²) in [4.78, 5) is 16.2. The van der Waals surface area contributed by atoms with E-state index in [1.165, 1.54) is 6.20 Å². The van der Waals surface area contributed by atoms with Crippen LogP contribution in [0.5, 0.6) is 5.75 Å². The molecule has 2 N–H and O–H groups in total. The third-order valence-electron chi connectivity index (χ3n) is 4.02. The molecule has 3 rings (SSSR count). The first kappa shape index (κ1) is 18.2. The lowest BCUT2D eigenvalue weighted by Gasteiger charge is -2.12. The number of aryl methyl sites for hydroxylation is 1. The number of nitrogens with zero attached hydrogens (tertiary/aromatic N) is 1. The van der Waals surface area contributed by atoms with E-state index in [1.54, 1.807) is 12.1 Å². The number of carbonyl (C=O) groups is 1. The molecule has 138 valence electrons. The predicted molar refractivity (Wildman–Crippen MR) is 100 cm³/mol. The predicted octanol–water partition coefficient (Wildman–Crippen LogP) is 2.01. The van der Waals surface area contributed by atoms with Gasteiger partial charge >= 0.3 is 0 Å². The van der Waals surface area contributed by atoms with Gasteiger partial charge in [0.1, 0.15) is 11.6 Å². The van der Waals surface area contributed by atoms with Crippen LogP contribution < -0.4 is 15.4 Å². The van der Waals surface area contributed by atoms with Crippen LogP contribution in [-0.4, -0.2) is 43.5 Å². The van der Waals surface area contributed by atoms with E-state index in [0.29, 0.717) is 23.7 Å². The third kappa shape index (κ3) is 5.19. The Kier molecular flexibility index (Phi) is 5.41. The van der Waals surface area contributed by atoms with Crippen LogP contribution in [0.25, 0.3) is 0 Å². The summed E-state index contributed by atoms with van der Waals surface area (Å²) in [5, 5.41) is 5.81. The molecule has 0 radical (unpaired) electrons. The second kappa shape index (κ2) is 7.74. The largest absolute Gasteiger partial charge is 0.484 e. The highest BCUT2D eigenvalue weighted by Crippen LogP contribution is 2.17. The van der Waals surface area contributed by atoms with E-state index in [9.17, 15) is 13.2 Å². The molecule has 1 saturated heterocycles. The fraction of sp³-hybridized carbons (Fsp3) is 0.333. The third-order valence-corrected chi connectivity index (χ3v) is 5.79. The van der Waals surface area contributed by atoms with Crippen LogP contribution in [0, 0.1) is 6.92 Å². The molecule has 8 heteroatoms. The summed E-state index contributed by atoms with van der Waals surface area (Å²) >= 11 is 0.